The van der Waals surface area contributed by atoms with Crippen LogP contribution in [-0.4, -0.2) is 15.7 Å². The highest BCUT2D eigenvalue weighted by Gasteiger charge is 2.01. The Labute approximate surface area is 147 Å². The molecule has 1 aromatic carbocycles. The summed E-state index contributed by atoms with van der Waals surface area (Å²) >= 11 is 0. The monoisotopic (exact) mass is 366 g/mol. The van der Waals surface area contributed by atoms with Gasteiger partial charge in [-0.15, -0.1) is 0 Å². The minimum atomic E-state index is -0.868. The van der Waals surface area contributed by atoms with Gasteiger partial charge in [0, 0.05) is 28.1 Å². The average molecular weight is 367 g/mol. The van der Waals surface area contributed by atoms with Crippen LogP contribution in [0.25, 0.3) is 0 Å². The summed E-state index contributed by atoms with van der Waals surface area (Å²) in [5, 5.41) is 1.98. The standard InChI is InChI=1S/C18H19FOS3/c19-18-10-8-16(9-11-18)14-22-21-12-5-13-23(20)15-17-6-3-1-2-4-7-17/h1-3,5-12H,4,13-15H2/b12-5+. The molecule has 0 N–H and O–H groups in total. The first-order valence-corrected chi connectivity index (χ1v) is 11.2. The van der Waals surface area contributed by atoms with Crippen molar-refractivity contribution < 1.29 is 8.60 Å². The summed E-state index contributed by atoms with van der Waals surface area (Å²) in [5.74, 6) is 1.80. The lowest BCUT2D eigenvalue weighted by molar-refractivity contribution is 0.627. The third-order valence-electron chi connectivity index (χ3n) is 3.04. The Morgan fingerprint density at radius 1 is 1.22 bits per heavy atom. The molecule has 0 heterocycles. The molecule has 0 saturated heterocycles. The van der Waals surface area contributed by atoms with Gasteiger partial charge in [-0.25, -0.2) is 4.39 Å². The molecule has 0 fully saturated rings. The first-order chi connectivity index (χ1) is 11.2. The Bertz CT molecular complexity index is 630. The molecule has 1 aromatic rings. The topological polar surface area (TPSA) is 17.1 Å². The number of halogens is 1. The molecule has 0 spiro atoms. The van der Waals surface area contributed by atoms with Crippen molar-refractivity contribution in [3.8, 4) is 0 Å². The molecule has 0 aliphatic heterocycles. The molecular weight excluding hydrogens is 347 g/mol. The van der Waals surface area contributed by atoms with Crippen LogP contribution < -0.4 is 0 Å². The molecule has 1 aliphatic carbocycles. The molecule has 0 amide bonds. The van der Waals surface area contributed by atoms with Gasteiger partial charge in [0.25, 0.3) is 0 Å². The van der Waals surface area contributed by atoms with Crippen LogP contribution in [0.1, 0.15) is 12.0 Å². The van der Waals surface area contributed by atoms with Crippen molar-refractivity contribution in [3.63, 3.8) is 0 Å². The van der Waals surface area contributed by atoms with E-state index in [2.05, 4.69) is 12.2 Å². The lowest BCUT2D eigenvalue weighted by Crippen LogP contribution is -2.02. The molecule has 5 heteroatoms. The number of allylic oxidation sites excluding steroid dienone is 5. The summed E-state index contributed by atoms with van der Waals surface area (Å²) in [7, 11) is 2.43. The third-order valence-corrected chi connectivity index (χ3v) is 6.25. The van der Waals surface area contributed by atoms with E-state index < -0.39 is 10.8 Å². The Kier molecular flexibility index (Phi) is 8.50. The van der Waals surface area contributed by atoms with Crippen molar-refractivity contribution in [2.24, 2.45) is 0 Å². The van der Waals surface area contributed by atoms with Crippen LogP contribution in [0, 0.1) is 5.82 Å². The zero-order chi connectivity index (χ0) is 16.3. The van der Waals surface area contributed by atoms with Crippen LogP contribution in [0.2, 0.25) is 0 Å². The molecule has 1 aliphatic rings. The molecule has 122 valence electrons. The second-order valence-electron chi connectivity index (χ2n) is 4.91. The second kappa shape index (κ2) is 10.7. The zero-order valence-corrected chi connectivity index (χ0v) is 15.1. The molecule has 1 atom stereocenters. The van der Waals surface area contributed by atoms with E-state index in [1.807, 2.05) is 29.7 Å². The molecule has 0 saturated carbocycles. The number of hydrogen-bond donors (Lipinski definition) is 0. The van der Waals surface area contributed by atoms with Crippen molar-refractivity contribution in [2.45, 2.75) is 12.2 Å². The summed E-state index contributed by atoms with van der Waals surface area (Å²) in [5.41, 5.74) is 2.24. The van der Waals surface area contributed by atoms with Crippen molar-refractivity contribution in [2.75, 3.05) is 11.5 Å². The minimum absolute atomic E-state index is 0.205. The van der Waals surface area contributed by atoms with Crippen molar-refractivity contribution >= 4 is 32.4 Å². The van der Waals surface area contributed by atoms with E-state index in [0.717, 1.165) is 23.3 Å². The highest BCUT2D eigenvalue weighted by Crippen LogP contribution is 2.26. The summed E-state index contributed by atoms with van der Waals surface area (Å²) in [6.45, 7) is 0. The molecule has 1 nitrogen and oxygen atoms in total. The average Bonchev–Trinajstić information content (AvgIpc) is 2.81. The predicted molar refractivity (Wildman–Crippen MR) is 103 cm³/mol. The maximum Gasteiger partial charge on any atom is 0.123 e. The van der Waals surface area contributed by atoms with Crippen LogP contribution in [0.4, 0.5) is 4.39 Å². The van der Waals surface area contributed by atoms with Crippen LogP contribution in [-0.2, 0) is 16.6 Å². The van der Waals surface area contributed by atoms with Gasteiger partial charge in [-0.2, -0.15) is 0 Å². The van der Waals surface area contributed by atoms with E-state index >= 15 is 0 Å². The van der Waals surface area contributed by atoms with Gasteiger partial charge in [0.1, 0.15) is 5.82 Å². The largest absolute Gasteiger partial charge is 0.259 e. The van der Waals surface area contributed by atoms with Gasteiger partial charge in [-0.1, -0.05) is 70.2 Å². The Balaban J connectivity index is 1.61. The molecule has 2 rings (SSSR count). The van der Waals surface area contributed by atoms with Gasteiger partial charge >= 0.3 is 0 Å². The first-order valence-electron chi connectivity index (χ1n) is 7.29. The maximum absolute atomic E-state index is 12.8. The first kappa shape index (κ1) is 18.3. The van der Waals surface area contributed by atoms with Crippen molar-refractivity contribution in [3.05, 3.63) is 83.1 Å². The Morgan fingerprint density at radius 3 is 2.87 bits per heavy atom. The van der Waals surface area contributed by atoms with E-state index in [-0.39, 0.29) is 5.82 Å². The van der Waals surface area contributed by atoms with E-state index in [1.54, 1.807) is 33.7 Å². The van der Waals surface area contributed by atoms with E-state index in [9.17, 15) is 8.60 Å². The highest BCUT2D eigenvalue weighted by molar-refractivity contribution is 8.77. The predicted octanol–water partition coefficient (Wildman–Crippen LogP) is 5.41. The number of hydrogen-bond acceptors (Lipinski definition) is 3. The Morgan fingerprint density at radius 2 is 2.04 bits per heavy atom. The molecular formula is C18H19FOS3. The summed E-state index contributed by atoms with van der Waals surface area (Å²) in [4.78, 5) is 0. The molecule has 1 unspecified atom stereocenters. The van der Waals surface area contributed by atoms with E-state index in [0.29, 0.717) is 11.5 Å². The fourth-order valence-electron chi connectivity index (χ4n) is 1.88. The van der Waals surface area contributed by atoms with Gasteiger partial charge in [0.15, 0.2) is 0 Å². The van der Waals surface area contributed by atoms with E-state index in [4.69, 9.17) is 0 Å². The summed E-state index contributed by atoms with van der Waals surface area (Å²) in [6.07, 6.45) is 13.1. The fraction of sp³-hybridized carbons (Fsp3) is 0.222. The highest BCUT2D eigenvalue weighted by atomic mass is 33.1. The summed E-state index contributed by atoms with van der Waals surface area (Å²) < 4.78 is 24.8. The normalized spacial score (nSPS) is 15.6. The molecule has 0 aromatic heterocycles. The van der Waals surface area contributed by atoms with Crippen LogP contribution in [0.15, 0.2) is 71.7 Å². The zero-order valence-electron chi connectivity index (χ0n) is 12.7. The quantitative estimate of drug-likeness (QED) is 0.452. The second-order valence-corrected chi connectivity index (χ2v) is 8.68. The lowest BCUT2D eigenvalue weighted by Gasteiger charge is -2.00. The smallest absolute Gasteiger partial charge is 0.123 e. The SMILES string of the molecule is O=S(C/C=C/SSCc1ccc(F)cc1)CC1=CCC=CC=C1. The van der Waals surface area contributed by atoms with Crippen LogP contribution in [0.5, 0.6) is 0 Å². The van der Waals surface area contributed by atoms with Crippen LogP contribution >= 0.6 is 21.6 Å². The molecule has 0 radical (unpaired) electrons. The van der Waals surface area contributed by atoms with Crippen molar-refractivity contribution in [1.82, 2.24) is 0 Å². The number of benzene rings is 1. The molecule has 23 heavy (non-hydrogen) atoms. The van der Waals surface area contributed by atoms with E-state index in [1.165, 1.54) is 12.1 Å². The maximum atomic E-state index is 12.8. The lowest BCUT2D eigenvalue weighted by atomic mass is 10.2. The van der Waals surface area contributed by atoms with Gasteiger partial charge in [-0.05, 0) is 35.1 Å². The van der Waals surface area contributed by atoms with Gasteiger partial charge in [0.05, 0.1) is 0 Å². The fourth-order valence-corrected chi connectivity index (χ4v) is 4.75. The molecule has 0 bridgehead atoms. The number of rotatable bonds is 8. The van der Waals surface area contributed by atoms with Gasteiger partial charge < -0.3 is 0 Å². The summed E-state index contributed by atoms with van der Waals surface area (Å²) in [6, 6.07) is 6.55. The van der Waals surface area contributed by atoms with Crippen LogP contribution in [0.3, 0.4) is 0 Å². The van der Waals surface area contributed by atoms with Gasteiger partial charge in [0.2, 0.25) is 0 Å². The third kappa shape index (κ3) is 7.86. The van der Waals surface area contributed by atoms with Gasteiger partial charge in [-0.3, -0.25) is 4.21 Å². The minimum Gasteiger partial charge on any atom is -0.259 e. The Hall–Kier alpha value is -1.04. The van der Waals surface area contributed by atoms with Crippen molar-refractivity contribution in [1.29, 1.82) is 0 Å².